The Morgan fingerprint density at radius 3 is 2.70 bits per heavy atom. The number of nitrogens with zero attached hydrogens (tertiary/aromatic N) is 1. The Bertz CT molecular complexity index is 655. The molecule has 0 radical (unpaired) electrons. The maximum absolute atomic E-state index is 13.0. The molecule has 0 aliphatic carbocycles. The molecule has 0 heterocycles. The Labute approximate surface area is 136 Å². The summed E-state index contributed by atoms with van der Waals surface area (Å²) in [7, 11) is 0. The highest BCUT2D eigenvalue weighted by Crippen LogP contribution is 2.11. The van der Waals surface area contributed by atoms with E-state index in [0.29, 0.717) is 19.0 Å². The van der Waals surface area contributed by atoms with Gasteiger partial charge in [0.15, 0.2) is 5.96 Å². The first-order valence-corrected chi connectivity index (χ1v) is 7.82. The fourth-order valence-corrected chi connectivity index (χ4v) is 2.17. The van der Waals surface area contributed by atoms with Crippen molar-refractivity contribution < 1.29 is 4.39 Å². The zero-order valence-corrected chi connectivity index (χ0v) is 13.3. The van der Waals surface area contributed by atoms with E-state index < -0.39 is 0 Å². The van der Waals surface area contributed by atoms with E-state index in [1.165, 1.54) is 17.7 Å². The normalized spacial score (nSPS) is 11.3. The van der Waals surface area contributed by atoms with Crippen LogP contribution < -0.4 is 16.4 Å². The minimum atomic E-state index is -0.240. The molecule has 5 heteroatoms. The highest BCUT2D eigenvalue weighted by Gasteiger charge is 1.97. The Morgan fingerprint density at radius 2 is 1.91 bits per heavy atom. The van der Waals surface area contributed by atoms with Crippen LogP contribution in [0.25, 0.3) is 0 Å². The molecule has 0 aliphatic rings. The lowest BCUT2D eigenvalue weighted by Gasteiger charge is -2.08. The molecule has 0 bridgehead atoms. The fraction of sp³-hybridized carbons (Fsp3) is 0.278. The first kappa shape index (κ1) is 16.8. The van der Waals surface area contributed by atoms with Gasteiger partial charge in [-0.3, -0.25) is 4.99 Å². The van der Waals surface area contributed by atoms with Gasteiger partial charge in [-0.25, -0.2) is 4.39 Å². The maximum Gasteiger partial charge on any atom is 0.193 e. The summed E-state index contributed by atoms with van der Waals surface area (Å²) in [6.07, 6.45) is 1.80. The molecule has 0 fully saturated rings. The van der Waals surface area contributed by atoms with Gasteiger partial charge < -0.3 is 16.4 Å². The van der Waals surface area contributed by atoms with Crippen LogP contribution in [0.3, 0.4) is 0 Å². The summed E-state index contributed by atoms with van der Waals surface area (Å²) in [4.78, 5) is 4.29. The average Bonchev–Trinajstić information content (AvgIpc) is 2.55. The van der Waals surface area contributed by atoms with Crippen molar-refractivity contribution in [2.75, 3.05) is 23.7 Å². The second-order valence-electron chi connectivity index (χ2n) is 5.24. The minimum Gasteiger partial charge on any atom is -0.385 e. The molecule has 0 unspecified atom stereocenters. The third-order valence-corrected chi connectivity index (χ3v) is 3.38. The monoisotopic (exact) mass is 314 g/mol. The standard InChI is InChI=1S/C18H23FN4/c1-2-14-6-3-9-17(12-14)23-18(20)22-11-5-10-21-16-8-4-7-15(19)13-16/h3-4,6-9,12-13,21H,2,5,10-11H2,1H3,(H3,20,22,23). The maximum atomic E-state index is 13.0. The van der Waals surface area contributed by atoms with Crippen molar-refractivity contribution in [3.63, 3.8) is 0 Å². The van der Waals surface area contributed by atoms with Crippen LogP contribution in [-0.4, -0.2) is 19.0 Å². The number of nitrogens with two attached hydrogens (primary N) is 1. The van der Waals surface area contributed by atoms with Crippen LogP contribution in [-0.2, 0) is 6.42 Å². The number of aliphatic imine (C=N–C) groups is 1. The molecule has 23 heavy (non-hydrogen) atoms. The number of aryl methyl sites for hydroxylation is 1. The number of guanidine groups is 1. The molecule has 0 spiro atoms. The van der Waals surface area contributed by atoms with Crippen molar-refractivity contribution in [3.05, 3.63) is 59.9 Å². The molecule has 0 saturated carbocycles. The smallest absolute Gasteiger partial charge is 0.193 e. The van der Waals surface area contributed by atoms with Gasteiger partial charge in [0.05, 0.1) is 0 Å². The van der Waals surface area contributed by atoms with Crippen LogP contribution in [0.2, 0.25) is 0 Å². The lowest BCUT2D eigenvalue weighted by molar-refractivity contribution is 0.628. The predicted molar refractivity (Wildman–Crippen MR) is 95.4 cm³/mol. The van der Waals surface area contributed by atoms with Gasteiger partial charge in [-0.2, -0.15) is 0 Å². The average molecular weight is 314 g/mol. The molecule has 2 rings (SSSR count). The van der Waals surface area contributed by atoms with Gasteiger partial charge in [0.25, 0.3) is 0 Å². The first-order valence-electron chi connectivity index (χ1n) is 7.82. The van der Waals surface area contributed by atoms with Crippen LogP contribution in [0.4, 0.5) is 15.8 Å². The topological polar surface area (TPSA) is 62.4 Å². The van der Waals surface area contributed by atoms with E-state index in [9.17, 15) is 4.39 Å². The molecule has 122 valence electrons. The second kappa shape index (κ2) is 8.78. The fourth-order valence-electron chi connectivity index (χ4n) is 2.17. The summed E-state index contributed by atoms with van der Waals surface area (Å²) >= 11 is 0. The summed E-state index contributed by atoms with van der Waals surface area (Å²) in [5.74, 6) is 0.166. The summed E-state index contributed by atoms with van der Waals surface area (Å²) in [6.45, 7) is 3.43. The predicted octanol–water partition coefficient (Wildman–Crippen LogP) is 3.62. The van der Waals surface area contributed by atoms with E-state index in [4.69, 9.17) is 5.73 Å². The van der Waals surface area contributed by atoms with Gasteiger partial charge in [0.1, 0.15) is 5.82 Å². The molecule has 4 N–H and O–H groups in total. The van der Waals surface area contributed by atoms with Crippen LogP contribution >= 0.6 is 0 Å². The summed E-state index contributed by atoms with van der Waals surface area (Å²) in [6, 6.07) is 14.5. The van der Waals surface area contributed by atoms with Crippen LogP contribution in [0, 0.1) is 5.82 Å². The van der Waals surface area contributed by atoms with E-state index >= 15 is 0 Å². The van der Waals surface area contributed by atoms with Gasteiger partial charge in [-0.1, -0.05) is 25.1 Å². The number of nitrogens with one attached hydrogen (secondary N) is 2. The van der Waals surface area contributed by atoms with Crippen LogP contribution in [0.15, 0.2) is 53.5 Å². The summed E-state index contributed by atoms with van der Waals surface area (Å²) in [5.41, 5.74) is 8.85. The number of benzene rings is 2. The van der Waals surface area contributed by atoms with Crippen molar-refractivity contribution >= 4 is 17.3 Å². The largest absolute Gasteiger partial charge is 0.385 e. The van der Waals surface area contributed by atoms with Gasteiger partial charge >= 0.3 is 0 Å². The molecular weight excluding hydrogens is 291 g/mol. The van der Waals surface area contributed by atoms with E-state index in [1.807, 2.05) is 18.2 Å². The zero-order valence-electron chi connectivity index (χ0n) is 13.3. The second-order valence-corrected chi connectivity index (χ2v) is 5.24. The Kier molecular flexibility index (Phi) is 6.41. The third-order valence-electron chi connectivity index (χ3n) is 3.38. The first-order chi connectivity index (χ1) is 11.2. The number of hydrogen-bond acceptors (Lipinski definition) is 2. The van der Waals surface area contributed by atoms with E-state index in [0.717, 1.165) is 24.2 Å². The number of rotatable bonds is 7. The van der Waals surface area contributed by atoms with Crippen LogP contribution in [0.1, 0.15) is 18.9 Å². The Hall–Kier alpha value is -2.56. The van der Waals surface area contributed by atoms with Crippen molar-refractivity contribution in [1.82, 2.24) is 0 Å². The van der Waals surface area contributed by atoms with Gasteiger partial charge in [-0.15, -0.1) is 0 Å². The zero-order chi connectivity index (χ0) is 16.5. The van der Waals surface area contributed by atoms with Gasteiger partial charge in [0.2, 0.25) is 0 Å². The van der Waals surface area contributed by atoms with E-state index in [-0.39, 0.29) is 5.82 Å². The summed E-state index contributed by atoms with van der Waals surface area (Å²) in [5, 5.41) is 6.24. The molecule has 0 saturated heterocycles. The molecule has 0 amide bonds. The van der Waals surface area contributed by atoms with Crippen molar-refractivity contribution in [3.8, 4) is 0 Å². The number of hydrogen-bond donors (Lipinski definition) is 3. The molecule has 0 aromatic heterocycles. The van der Waals surface area contributed by atoms with E-state index in [2.05, 4.69) is 34.7 Å². The highest BCUT2D eigenvalue weighted by molar-refractivity contribution is 5.92. The van der Waals surface area contributed by atoms with Crippen LogP contribution in [0.5, 0.6) is 0 Å². The SMILES string of the molecule is CCc1cccc(NC(N)=NCCCNc2cccc(F)c2)c1. The molecular formula is C18H23FN4. The minimum absolute atomic E-state index is 0.240. The Balaban J connectivity index is 1.72. The third kappa shape index (κ3) is 5.98. The quantitative estimate of drug-likeness (QED) is 0.415. The molecule has 2 aromatic carbocycles. The van der Waals surface area contributed by atoms with Gasteiger partial charge in [0, 0.05) is 24.5 Å². The Morgan fingerprint density at radius 1 is 1.13 bits per heavy atom. The molecule has 0 atom stereocenters. The lowest BCUT2D eigenvalue weighted by Crippen LogP contribution is -2.23. The molecule has 2 aromatic rings. The van der Waals surface area contributed by atoms with E-state index in [1.54, 1.807) is 6.07 Å². The van der Waals surface area contributed by atoms with Gasteiger partial charge in [-0.05, 0) is 48.7 Å². The summed E-state index contributed by atoms with van der Waals surface area (Å²) < 4.78 is 13.0. The number of anilines is 2. The molecule has 0 aliphatic heterocycles. The lowest BCUT2D eigenvalue weighted by atomic mass is 10.1. The molecule has 4 nitrogen and oxygen atoms in total. The number of halogens is 1. The van der Waals surface area contributed by atoms with Crippen molar-refractivity contribution in [1.29, 1.82) is 0 Å². The highest BCUT2D eigenvalue weighted by atomic mass is 19.1. The van der Waals surface area contributed by atoms with Crippen molar-refractivity contribution in [2.24, 2.45) is 10.7 Å². The van der Waals surface area contributed by atoms with Crippen molar-refractivity contribution in [2.45, 2.75) is 19.8 Å².